The zero-order chi connectivity index (χ0) is 15.9. The second-order valence-corrected chi connectivity index (χ2v) is 9.06. The molecule has 1 aromatic rings. The molecule has 0 fully saturated rings. The lowest BCUT2D eigenvalue weighted by Crippen LogP contribution is -2.39. The number of benzene rings is 1. The van der Waals surface area contributed by atoms with Crippen molar-refractivity contribution in [1.29, 1.82) is 0 Å². The Morgan fingerprint density at radius 3 is 2.62 bits per heavy atom. The van der Waals surface area contributed by atoms with Gasteiger partial charge in [0.25, 0.3) is 0 Å². The highest BCUT2D eigenvalue weighted by Crippen LogP contribution is 2.19. The van der Waals surface area contributed by atoms with Crippen LogP contribution in [0.1, 0.15) is 45.6 Å². The van der Waals surface area contributed by atoms with Gasteiger partial charge in [-0.25, -0.2) is 8.93 Å². The van der Waals surface area contributed by atoms with Crippen molar-refractivity contribution in [3.63, 3.8) is 0 Å². The van der Waals surface area contributed by atoms with Crippen LogP contribution in [0.2, 0.25) is 0 Å². The summed E-state index contributed by atoms with van der Waals surface area (Å²) in [7, 11) is -1.03. The Bertz CT molecular complexity index is 482. The molecule has 0 radical (unpaired) electrons. The summed E-state index contributed by atoms with van der Waals surface area (Å²) in [4.78, 5) is 0. The molecular formula is C17H26BrNOS. The van der Waals surface area contributed by atoms with Gasteiger partial charge in [0, 0.05) is 10.5 Å². The van der Waals surface area contributed by atoms with Crippen LogP contribution in [-0.2, 0) is 17.4 Å². The molecule has 0 bridgehead atoms. The van der Waals surface area contributed by atoms with Crippen LogP contribution in [0.25, 0.3) is 0 Å². The zero-order valence-corrected chi connectivity index (χ0v) is 15.6. The molecule has 2 atom stereocenters. The first kappa shape index (κ1) is 18.6. The SMILES string of the molecule is C=CC[C@@H](CCCc1ccccc1Br)N[S@@](=O)C(C)(C)C. The standard InChI is InChI=1S/C17H26BrNOS/c1-5-9-15(19-21(20)17(2,3)4)12-8-11-14-10-6-7-13-16(14)18/h5-7,10,13,15,19H,1,8-9,11-12H2,2-4H3/t15-,21-/m0/s1. The Kier molecular flexibility index (Phi) is 7.85. The molecule has 0 aromatic heterocycles. The Labute approximate surface area is 140 Å². The van der Waals surface area contributed by atoms with Crippen LogP contribution in [0, 0.1) is 0 Å². The summed E-state index contributed by atoms with van der Waals surface area (Å²) in [5, 5.41) is 0. The van der Waals surface area contributed by atoms with E-state index in [4.69, 9.17) is 0 Å². The predicted octanol–water partition coefficient (Wildman–Crippen LogP) is 4.77. The molecule has 0 spiro atoms. The van der Waals surface area contributed by atoms with Gasteiger partial charge in [-0.05, 0) is 58.1 Å². The minimum absolute atomic E-state index is 0.227. The topological polar surface area (TPSA) is 29.1 Å². The second-order valence-electron chi connectivity index (χ2n) is 6.20. The Hall–Kier alpha value is -0.450. The van der Waals surface area contributed by atoms with Crippen molar-refractivity contribution in [1.82, 2.24) is 4.72 Å². The van der Waals surface area contributed by atoms with E-state index in [1.165, 1.54) is 5.56 Å². The van der Waals surface area contributed by atoms with E-state index >= 15 is 0 Å². The molecule has 0 saturated heterocycles. The smallest absolute Gasteiger partial charge is 0.0972 e. The molecule has 21 heavy (non-hydrogen) atoms. The predicted molar refractivity (Wildman–Crippen MR) is 96.7 cm³/mol. The lowest BCUT2D eigenvalue weighted by Gasteiger charge is -2.23. The lowest BCUT2D eigenvalue weighted by atomic mass is 10.0. The summed E-state index contributed by atoms with van der Waals surface area (Å²) >= 11 is 3.58. The van der Waals surface area contributed by atoms with Crippen LogP contribution >= 0.6 is 15.9 Å². The number of hydrogen-bond donors (Lipinski definition) is 1. The summed E-state index contributed by atoms with van der Waals surface area (Å²) < 4.78 is 16.4. The van der Waals surface area contributed by atoms with Crippen LogP contribution in [0.5, 0.6) is 0 Å². The fourth-order valence-electron chi connectivity index (χ4n) is 1.99. The number of aryl methyl sites for hydroxylation is 1. The van der Waals surface area contributed by atoms with Crippen LogP contribution in [0.3, 0.4) is 0 Å². The van der Waals surface area contributed by atoms with E-state index in [0.29, 0.717) is 0 Å². The van der Waals surface area contributed by atoms with Crippen LogP contribution in [-0.4, -0.2) is 15.0 Å². The molecular weight excluding hydrogens is 346 g/mol. The van der Waals surface area contributed by atoms with Gasteiger partial charge < -0.3 is 0 Å². The number of rotatable bonds is 8. The van der Waals surface area contributed by atoms with Gasteiger partial charge in [-0.3, -0.25) is 0 Å². The summed E-state index contributed by atoms with van der Waals surface area (Å²) in [5.41, 5.74) is 1.33. The zero-order valence-electron chi connectivity index (χ0n) is 13.2. The molecule has 0 aliphatic rings. The van der Waals surface area contributed by atoms with E-state index in [0.717, 1.165) is 30.2 Å². The maximum absolute atomic E-state index is 12.2. The Morgan fingerprint density at radius 2 is 2.05 bits per heavy atom. The van der Waals surface area contributed by atoms with Crippen LogP contribution < -0.4 is 4.72 Å². The van der Waals surface area contributed by atoms with Gasteiger partial charge in [-0.2, -0.15) is 0 Å². The van der Waals surface area contributed by atoms with E-state index in [2.05, 4.69) is 45.4 Å². The number of nitrogens with one attached hydrogen (secondary N) is 1. The molecule has 1 N–H and O–H groups in total. The van der Waals surface area contributed by atoms with Crippen molar-refractivity contribution in [3.05, 3.63) is 47.0 Å². The minimum atomic E-state index is -1.03. The van der Waals surface area contributed by atoms with Crippen molar-refractivity contribution in [2.45, 2.75) is 57.2 Å². The van der Waals surface area contributed by atoms with Crippen LogP contribution in [0.15, 0.2) is 41.4 Å². The van der Waals surface area contributed by atoms with Gasteiger partial charge in [-0.1, -0.05) is 40.2 Å². The first-order chi connectivity index (χ1) is 9.84. The normalized spacial score (nSPS) is 14.7. The van der Waals surface area contributed by atoms with Gasteiger partial charge in [0.05, 0.1) is 15.7 Å². The van der Waals surface area contributed by atoms with Crippen molar-refractivity contribution >= 4 is 26.9 Å². The van der Waals surface area contributed by atoms with E-state index in [-0.39, 0.29) is 10.8 Å². The average molecular weight is 372 g/mol. The number of hydrogen-bond acceptors (Lipinski definition) is 1. The molecule has 1 rings (SSSR count). The minimum Gasteiger partial charge on any atom is -0.242 e. The average Bonchev–Trinajstić information content (AvgIpc) is 2.40. The van der Waals surface area contributed by atoms with Crippen LogP contribution in [0.4, 0.5) is 0 Å². The highest BCUT2D eigenvalue weighted by molar-refractivity contribution is 9.10. The van der Waals surface area contributed by atoms with Crippen molar-refractivity contribution < 1.29 is 4.21 Å². The quantitative estimate of drug-likeness (QED) is 0.655. The fraction of sp³-hybridized carbons (Fsp3) is 0.529. The summed E-state index contributed by atoms with van der Waals surface area (Å²) in [6, 6.07) is 8.54. The molecule has 118 valence electrons. The molecule has 0 heterocycles. The largest absolute Gasteiger partial charge is 0.242 e. The molecule has 1 aromatic carbocycles. The van der Waals surface area contributed by atoms with Gasteiger partial charge in [0.15, 0.2) is 0 Å². The summed E-state index contributed by atoms with van der Waals surface area (Å²) in [5.74, 6) is 0. The lowest BCUT2D eigenvalue weighted by molar-refractivity contribution is 0.536. The van der Waals surface area contributed by atoms with Gasteiger partial charge in [-0.15, -0.1) is 6.58 Å². The molecule has 2 nitrogen and oxygen atoms in total. The second kappa shape index (κ2) is 8.86. The first-order valence-corrected chi connectivity index (χ1v) is 9.31. The van der Waals surface area contributed by atoms with Crippen molar-refractivity contribution in [3.8, 4) is 0 Å². The highest BCUT2D eigenvalue weighted by atomic mass is 79.9. The van der Waals surface area contributed by atoms with Gasteiger partial charge >= 0.3 is 0 Å². The summed E-state index contributed by atoms with van der Waals surface area (Å²) in [6.07, 6.45) is 5.83. The van der Waals surface area contributed by atoms with E-state index in [9.17, 15) is 4.21 Å². The van der Waals surface area contributed by atoms with E-state index in [1.807, 2.05) is 32.9 Å². The molecule has 0 aliphatic carbocycles. The number of halogens is 1. The monoisotopic (exact) mass is 371 g/mol. The third-order valence-corrected chi connectivity index (χ3v) is 5.67. The third-order valence-electron chi connectivity index (χ3n) is 3.24. The molecule has 0 amide bonds. The maximum atomic E-state index is 12.2. The highest BCUT2D eigenvalue weighted by Gasteiger charge is 2.22. The van der Waals surface area contributed by atoms with E-state index < -0.39 is 11.0 Å². The third kappa shape index (κ3) is 6.90. The molecule has 0 unspecified atom stereocenters. The van der Waals surface area contributed by atoms with Crippen molar-refractivity contribution in [2.75, 3.05) is 0 Å². The van der Waals surface area contributed by atoms with Gasteiger partial charge in [0.2, 0.25) is 0 Å². The van der Waals surface area contributed by atoms with E-state index in [1.54, 1.807) is 0 Å². The first-order valence-electron chi connectivity index (χ1n) is 7.37. The molecule has 0 aliphatic heterocycles. The molecule has 4 heteroatoms. The van der Waals surface area contributed by atoms with Crippen molar-refractivity contribution in [2.24, 2.45) is 0 Å². The Balaban J connectivity index is 2.50. The van der Waals surface area contributed by atoms with Gasteiger partial charge in [0.1, 0.15) is 0 Å². The summed E-state index contributed by atoms with van der Waals surface area (Å²) in [6.45, 7) is 9.77. The maximum Gasteiger partial charge on any atom is 0.0972 e. The molecule has 0 saturated carbocycles. The fourth-order valence-corrected chi connectivity index (χ4v) is 3.35. The Morgan fingerprint density at radius 1 is 1.38 bits per heavy atom.